The number of aliphatic hydroxyl groups is 2. The lowest BCUT2D eigenvalue weighted by atomic mass is 9.85. The summed E-state index contributed by atoms with van der Waals surface area (Å²) in [6.45, 7) is 0.166. The van der Waals surface area contributed by atoms with E-state index in [0.29, 0.717) is 28.8 Å². The van der Waals surface area contributed by atoms with Crippen LogP contribution in [0, 0.1) is 9.49 Å². The van der Waals surface area contributed by atoms with E-state index >= 15 is 0 Å². The van der Waals surface area contributed by atoms with Gasteiger partial charge in [0.1, 0.15) is 29.1 Å². The van der Waals surface area contributed by atoms with Gasteiger partial charge < -0.3 is 29.6 Å². The molecule has 42 heavy (non-hydrogen) atoms. The van der Waals surface area contributed by atoms with E-state index in [0.717, 1.165) is 35.7 Å². The van der Waals surface area contributed by atoms with Crippen LogP contribution in [0.2, 0.25) is 0 Å². The number of carbonyl (C=O) groups is 2. The number of para-hydroxylation sites is 2. The SMILES string of the molecule is O=C(NCCO)C1=CC(Oc2ccccc2I)C(O)C(N(CC2CCCCC2)C(=O)c2cc3ccccc3oc2=O)C1. The summed E-state index contributed by atoms with van der Waals surface area (Å²) in [5, 5.41) is 24.3. The Morgan fingerprint density at radius 2 is 1.81 bits per heavy atom. The van der Waals surface area contributed by atoms with Gasteiger partial charge in [-0.2, -0.15) is 0 Å². The van der Waals surface area contributed by atoms with Gasteiger partial charge in [-0.05, 0) is 71.7 Å². The van der Waals surface area contributed by atoms with Gasteiger partial charge in [-0.3, -0.25) is 9.59 Å². The summed E-state index contributed by atoms with van der Waals surface area (Å²) in [5.74, 6) is -0.231. The topological polar surface area (TPSA) is 129 Å². The summed E-state index contributed by atoms with van der Waals surface area (Å²) < 4.78 is 12.6. The Labute approximate surface area is 257 Å². The van der Waals surface area contributed by atoms with Gasteiger partial charge in [0, 0.05) is 30.5 Å². The number of benzene rings is 2. The van der Waals surface area contributed by atoms with Crippen LogP contribution in [0.4, 0.5) is 0 Å². The Morgan fingerprint density at radius 3 is 2.57 bits per heavy atom. The monoisotopic (exact) mass is 686 g/mol. The van der Waals surface area contributed by atoms with Crippen molar-refractivity contribution in [3.8, 4) is 5.75 Å². The zero-order chi connectivity index (χ0) is 29.6. The number of fused-ring (bicyclic) bond motifs is 1. The molecule has 0 aliphatic heterocycles. The van der Waals surface area contributed by atoms with Crippen LogP contribution in [0.15, 0.2) is 75.5 Å². The fraction of sp³-hybridized carbons (Fsp3) is 0.406. The molecule has 10 heteroatoms. The fourth-order valence-electron chi connectivity index (χ4n) is 5.85. The molecule has 0 bridgehead atoms. The smallest absolute Gasteiger partial charge is 0.349 e. The molecule has 2 aliphatic carbocycles. The van der Waals surface area contributed by atoms with Crippen molar-refractivity contribution in [2.75, 3.05) is 19.7 Å². The first-order valence-electron chi connectivity index (χ1n) is 14.4. The minimum absolute atomic E-state index is 0.0571. The summed E-state index contributed by atoms with van der Waals surface area (Å²) >= 11 is 2.14. The molecular weight excluding hydrogens is 651 g/mol. The number of nitrogens with one attached hydrogen (secondary N) is 1. The predicted octanol–water partition coefficient (Wildman–Crippen LogP) is 4.04. The highest BCUT2D eigenvalue weighted by molar-refractivity contribution is 14.1. The number of nitrogens with zero attached hydrogens (tertiary/aromatic N) is 1. The number of amides is 2. The van der Waals surface area contributed by atoms with Crippen molar-refractivity contribution in [2.45, 2.75) is 56.8 Å². The molecule has 1 heterocycles. The number of hydrogen-bond acceptors (Lipinski definition) is 7. The minimum atomic E-state index is -1.18. The molecule has 3 N–H and O–H groups in total. The third-order valence-electron chi connectivity index (χ3n) is 8.03. The van der Waals surface area contributed by atoms with Gasteiger partial charge >= 0.3 is 5.63 Å². The highest BCUT2D eigenvalue weighted by Gasteiger charge is 2.42. The maximum absolute atomic E-state index is 14.3. The van der Waals surface area contributed by atoms with E-state index < -0.39 is 35.7 Å². The molecule has 2 aliphatic rings. The van der Waals surface area contributed by atoms with Crippen molar-refractivity contribution in [2.24, 2.45) is 5.92 Å². The second-order valence-corrected chi connectivity index (χ2v) is 12.1. The lowest BCUT2D eigenvalue weighted by Gasteiger charge is -2.42. The van der Waals surface area contributed by atoms with E-state index in [2.05, 4.69) is 27.9 Å². The van der Waals surface area contributed by atoms with Crippen LogP contribution in [0.5, 0.6) is 5.75 Å². The lowest BCUT2D eigenvalue weighted by molar-refractivity contribution is -0.118. The van der Waals surface area contributed by atoms with Gasteiger partial charge in [-0.25, -0.2) is 4.79 Å². The Kier molecular flexibility index (Phi) is 9.96. The molecule has 1 saturated carbocycles. The number of hydrogen-bond donors (Lipinski definition) is 3. The third kappa shape index (κ3) is 6.87. The molecule has 3 atom stereocenters. The lowest BCUT2D eigenvalue weighted by Crippen LogP contribution is -2.56. The molecule has 222 valence electrons. The van der Waals surface area contributed by atoms with E-state index in [1.807, 2.05) is 18.2 Å². The number of carbonyl (C=O) groups excluding carboxylic acids is 2. The van der Waals surface area contributed by atoms with Gasteiger partial charge in [0.05, 0.1) is 16.2 Å². The normalized spacial score (nSPS) is 21.0. The van der Waals surface area contributed by atoms with Crippen LogP contribution < -0.4 is 15.7 Å². The molecule has 3 aromatic rings. The quantitative estimate of drug-likeness (QED) is 0.229. The first-order valence-corrected chi connectivity index (χ1v) is 15.5. The van der Waals surface area contributed by atoms with Gasteiger partial charge in [-0.1, -0.05) is 49.6 Å². The Hall–Kier alpha value is -3.22. The summed E-state index contributed by atoms with van der Waals surface area (Å²) in [7, 11) is 0. The van der Waals surface area contributed by atoms with Crippen LogP contribution in [0.3, 0.4) is 0 Å². The van der Waals surface area contributed by atoms with E-state index in [1.54, 1.807) is 41.3 Å². The number of rotatable bonds is 9. The van der Waals surface area contributed by atoms with Crippen molar-refractivity contribution in [3.63, 3.8) is 0 Å². The molecule has 3 unspecified atom stereocenters. The second kappa shape index (κ2) is 13.8. The average Bonchev–Trinajstić information content (AvgIpc) is 3.00. The molecule has 0 radical (unpaired) electrons. The van der Waals surface area contributed by atoms with E-state index in [-0.39, 0.29) is 31.1 Å². The van der Waals surface area contributed by atoms with E-state index in [1.165, 1.54) is 6.07 Å². The maximum atomic E-state index is 14.3. The highest BCUT2D eigenvalue weighted by atomic mass is 127. The molecule has 0 spiro atoms. The molecule has 9 nitrogen and oxygen atoms in total. The van der Waals surface area contributed by atoms with E-state index in [9.17, 15) is 24.6 Å². The minimum Gasteiger partial charge on any atom is -0.482 e. The number of halogens is 1. The standard InChI is InChI=1S/C32H35IN2O7/c33-24-11-5-7-13-27(24)41-28-18-22(30(38)34-14-15-36)17-25(29(28)37)35(19-20-8-2-1-3-9-20)31(39)23-16-21-10-4-6-12-26(21)42-32(23)40/h4-7,10-13,16,18,20,25,28-29,36-37H,1-3,8-9,14-15,17,19H2,(H,34,38). The molecule has 1 aromatic heterocycles. The zero-order valence-corrected chi connectivity index (χ0v) is 25.4. The van der Waals surface area contributed by atoms with Gasteiger partial charge in [0.2, 0.25) is 5.91 Å². The first-order chi connectivity index (χ1) is 20.4. The number of ether oxygens (including phenoxy) is 1. The largest absolute Gasteiger partial charge is 0.482 e. The first kappa shape index (κ1) is 30.2. The molecule has 2 amide bonds. The van der Waals surface area contributed by atoms with Gasteiger partial charge in [0.25, 0.3) is 5.91 Å². The summed E-state index contributed by atoms with van der Waals surface area (Å²) in [5.41, 5.74) is -0.151. The highest BCUT2D eigenvalue weighted by Crippen LogP contribution is 2.33. The summed E-state index contributed by atoms with van der Waals surface area (Å²) in [6.07, 6.45) is 4.61. The molecule has 5 rings (SSSR count). The van der Waals surface area contributed by atoms with Crippen LogP contribution in [-0.4, -0.2) is 64.9 Å². The molecule has 1 fully saturated rings. The summed E-state index contributed by atoms with van der Waals surface area (Å²) in [6, 6.07) is 15.0. The van der Waals surface area contributed by atoms with Crippen LogP contribution >= 0.6 is 22.6 Å². The van der Waals surface area contributed by atoms with Gasteiger partial charge in [0.15, 0.2) is 0 Å². The molecule has 2 aromatic carbocycles. The third-order valence-corrected chi connectivity index (χ3v) is 8.92. The number of aliphatic hydroxyl groups excluding tert-OH is 2. The van der Waals surface area contributed by atoms with Crippen molar-refractivity contribution < 1.29 is 29.0 Å². The molecular formula is C32H35IN2O7. The summed E-state index contributed by atoms with van der Waals surface area (Å²) in [4.78, 5) is 42.0. The molecule has 0 saturated heterocycles. The van der Waals surface area contributed by atoms with E-state index in [4.69, 9.17) is 9.15 Å². The second-order valence-electron chi connectivity index (χ2n) is 10.9. The van der Waals surface area contributed by atoms with Gasteiger partial charge in [-0.15, -0.1) is 0 Å². The Balaban J connectivity index is 1.54. The average molecular weight is 687 g/mol. The van der Waals surface area contributed by atoms with Crippen molar-refractivity contribution >= 4 is 45.4 Å². The van der Waals surface area contributed by atoms with Crippen molar-refractivity contribution in [1.82, 2.24) is 10.2 Å². The fourth-order valence-corrected chi connectivity index (χ4v) is 6.36. The van der Waals surface area contributed by atoms with Crippen molar-refractivity contribution in [3.05, 3.63) is 85.8 Å². The predicted molar refractivity (Wildman–Crippen MR) is 166 cm³/mol. The van der Waals surface area contributed by atoms with Crippen molar-refractivity contribution in [1.29, 1.82) is 0 Å². The maximum Gasteiger partial charge on any atom is 0.349 e. The van der Waals surface area contributed by atoms with Crippen LogP contribution in [-0.2, 0) is 4.79 Å². The van der Waals surface area contributed by atoms with Crippen LogP contribution in [0.25, 0.3) is 11.0 Å². The Bertz CT molecular complexity index is 1510. The van der Waals surface area contributed by atoms with Crippen LogP contribution in [0.1, 0.15) is 48.9 Å². The Morgan fingerprint density at radius 1 is 1.07 bits per heavy atom. The zero-order valence-electron chi connectivity index (χ0n) is 23.2.